The lowest BCUT2D eigenvalue weighted by molar-refractivity contribution is 0.0819. The SMILES string of the molecule is O=C(NC1CC1)c1cc(NCC2(O)CCSC2)nc2ccccc12. The largest absolute Gasteiger partial charge is 0.387 e. The van der Waals surface area contributed by atoms with Crippen molar-refractivity contribution in [3.8, 4) is 0 Å². The topological polar surface area (TPSA) is 74.2 Å². The van der Waals surface area contributed by atoms with Crippen molar-refractivity contribution in [1.29, 1.82) is 0 Å². The first-order chi connectivity index (χ1) is 11.6. The average Bonchev–Trinajstić information content (AvgIpc) is 3.30. The molecule has 1 aliphatic heterocycles. The third-order valence-electron chi connectivity index (χ3n) is 4.55. The molecule has 1 unspecified atom stereocenters. The summed E-state index contributed by atoms with van der Waals surface area (Å²) in [6, 6.07) is 9.79. The molecule has 4 rings (SSSR count). The highest BCUT2D eigenvalue weighted by Gasteiger charge is 2.31. The molecule has 1 aliphatic carbocycles. The molecule has 0 bridgehead atoms. The number of benzene rings is 1. The van der Waals surface area contributed by atoms with Crippen LogP contribution in [0.3, 0.4) is 0 Å². The number of rotatable bonds is 5. The van der Waals surface area contributed by atoms with Crippen LogP contribution in [0.25, 0.3) is 10.9 Å². The van der Waals surface area contributed by atoms with Crippen LogP contribution in [0.15, 0.2) is 30.3 Å². The van der Waals surface area contributed by atoms with Crippen molar-refractivity contribution in [1.82, 2.24) is 10.3 Å². The summed E-state index contributed by atoms with van der Waals surface area (Å²) >= 11 is 1.77. The number of nitrogens with one attached hydrogen (secondary N) is 2. The van der Waals surface area contributed by atoms with E-state index in [1.165, 1.54) is 0 Å². The van der Waals surface area contributed by atoms with Gasteiger partial charge in [0.1, 0.15) is 5.82 Å². The monoisotopic (exact) mass is 343 g/mol. The zero-order valence-electron chi connectivity index (χ0n) is 13.4. The molecule has 1 saturated heterocycles. The zero-order chi connectivity index (χ0) is 16.6. The Hall–Kier alpha value is -1.79. The Bertz CT molecular complexity index is 770. The number of carbonyl (C=O) groups is 1. The molecule has 5 nitrogen and oxygen atoms in total. The van der Waals surface area contributed by atoms with Crippen LogP contribution in [0.2, 0.25) is 0 Å². The van der Waals surface area contributed by atoms with Gasteiger partial charge in [0.25, 0.3) is 5.91 Å². The molecule has 2 heterocycles. The van der Waals surface area contributed by atoms with Crippen LogP contribution in [0.5, 0.6) is 0 Å². The number of fused-ring (bicyclic) bond motifs is 1. The molecule has 1 aromatic carbocycles. The zero-order valence-corrected chi connectivity index (χ0v) is 14.2. The first kappa shape index (κ1) is 15.7. The third-order valence-corrected chi connectivity index (χ3v) is 5.79. The highest BCUT2D eigenvalue weighted by molar-refractivity contribution is 7.99. The van der Waals surface area contributed by atoms with Gasteiger partial charge in [0.15, 0.2) is 0 Å². The number of amides is 1. The van der Waals surface area contributed by atoms with E-state index in [2.05, 4.69) is 15.6 Å². The average molecular weight is 343 g/mol. The highest BCUT2D eigenvalue weighted by Crippen LogP contribution is 2.29. The predicted molar refractivity (Wildman–Crippen MR) is 97.6 cm³/mol. The molecule has 1 atom stereocenters. The van der Waals surface area contributed by atoms with E-state index in [-0.39, 0.29) is 5.91 Å². The fourth-order valence-corrected chi connectivity index (χ4v) is 4.23. The lowest BCUT2D eigenvalue weighted by Gasteiger charge is -2.22. The molecule has 6 heteroatoms. The van der Waals surface area contributed by atoms with E-state index in [4.69, 9.17) is 0 Å². The summed E-state index contributed by atoms with van der Waals surface area (Å²) in [7, 11) is 0. The molecule has 126 valence electrons. The van der Waals surface area contributed by atoms with Gasteiger partial charge in [-0.3, -0.25) is 4.79 Å². The molecule has 1 amide bonds. The van der Waals surface area contributed by atoms with Crippen molar-refractivity contribution in [2.24, 2.45) is 0 Å². The van der Waals surface area contributed by atoms with Gasteiger partial charge in [-0.2, -0.15) is 11.8 Å². The summed E-state index contributed by atoms with van der Waals surface area (Å²) in [5.41, 5.74) is 0.744. The summed E-state index contributed by atoms with van der Waals surface area (Å²) in [5.74, 6) is 2.32. The first-order valence-corrected chi connectivity index (χ1v) is 9.53. The predicted octanol–water partition coefficient (Wildman–Crippen LogP) is 2.41. The molecule has 1 aromatic heterocycles. The lowest BCUT2D eigenvalue weighted by atomic mass is 10.0. The second-order valence-corrected chi connectivity index (χ2v) is 7.81. The van der Waals surface area contributed by atoms with E-state index in [0.717, 1.165) is 41.7 Å². The second kappa shape index (κ2) is 6.26. The van der Waals surface area contributed by atoms with Gasteiger partial charge in [-0.05, 0) is 37.1 Å². The summed E-state index contributed by atoms with van der Waals surface area (Å²) in [6.07, 6.45) is 2.91. The molecular formula is C18H21N3O2S. The van der Waals surface area contributed by atoms with Gasteiger partial charge < -0.3 is 15.7 Å². The maximum absolute atomic E-state index is 12.6. The van der Waals surface area contributed by atoms with Gasteiger partial charge in [-0.25, -0.2) is 4.98 Å². The summed E-state index contributed by atoms with van der Waals surface area (Å²) in [4.78, 5) is 17.2. The standard InChI is InChI=1S/C18H21N3O2S/c22-17(20-12-5-6-12)14-9-16(19-10-18(23)7-8-24-11-18)21-15-4-2-1-3-13(14)15/h1-4,9,12,23H,5-8,10-11H2,(H,19,21)(H,20,22). The number of hydrogen-bond donors (Lipinski definition) is 3. The van der Waals surface area contributed by atoms with Crippen molar-refractivity contribution in [3.63, 3.8) is 0 Å². The normalized spacial score (nSPS) is 23.4. The van der Waals surface area contributed by atoms with Crippen LogP contribution >= 0.6 is 11.8 Å². The quantitative estimate of drug-likeness (QED) is 0.777. The molecular weight excluding hydrogens is 322 g/mol. The Kier molecular flexibility index (Phi) is 4.10. The van der Waals surface area contributed by atoms with Crippen molar-refractivity contribution >= 4 is 34.4 Å². The summed E-state index contributed by atoms with van der Waals surface area (Å²) < 4.78 is 0. The van der Waals surface area contributed by atoms with E-state index < -0.39 is 5.60 Å². The van der Waals surface area contributed by atoms with E-state index in [1.807, 2.05) is 24.3 Å². The van der Waals surface area contributed by atoms with Crippen LogP contribution in [-0.4, -0.2) is 45.7 Å². The Morgan fingerprint density at radius 1 is 1.38 bits per heavy atom. The van der Waals surface area contributed by atoms with Gasteiger partial charge >= 0.3 is 0 Å². The number of anilines is 1. The minimum absolute atomic E-state index is 0.0470. The molecule has 2 fully saturated rings. The Labute approximate surface area is 145 Å². The molecule has 2 aromatic rings. The lowest BCUT2D eigenvalue weighted by Crippen LogP contribution is -2.36. The van der Waals surface area contributed by atoms with Gasteiger partial charge in [0, 0.05) is 23.7 Å². The fraction of sp³-hybridized carbons (Fsp3) is 0.444. The van der Waals surface area contributed by atoms with E-state index in [9.17, 15) is 9.90 Å². The number of aliphatic hydroxyl groups is 1. The van der Waals surface area contributed by atoms with Crippen molar-refractivity contribution in [2.45, 2.75) is 30.9 Å². The van der Waals surface area contributed by atoms with E-state index >= 15 is 0 Å². The molecule has 3 N–H and O–H groups in total. The molecule has 0 spiro atoms. The van der Waals surface area contributed by atoms with E-state index in [1.54, 1.807) is 17.8 Å². The smallest absolute Gasteiger partial charge is 0.252 e. The molecule has 0 radical (unpaired) electrons. The molecule has 24 heavy (non-hydrogen) atoms. The summed E-state index contributed by atoms with van der Waals surface area (Å²) in [6.45, 7) is 0.453. The van der Waals surface area contributed by atoms with Gasteiger partial charge in [0.2, 0.25) is 0 Å². The minimum atomic E-state index is -0.686. The van der Waals surface area contributed by atoms with Gasteiger partial charge in [0.05, 0.1) is 16.7 Å². The number of para-hydroxylation sites is 1. The Morgan fingerprint density at radius 3 is 2.96 bits per heavy atom. The number of carbonyl (C=O) groups excluding carboxylic acids is 1. The van der Waals surface area contributed by atoms with Crippen LogP contribution in [0, 0.1) is 0 Å². The van der Waals surface area contributed by atoms with Gasteiger partial charge in [-0.1, -0.05) is 18.2 Å². The van der Waals surface area contributed by atoms with Gasteiger partial charge in [-0.15, -0.1) is 0 Å². The highest BCUT2D eigenvalue weighted by atomic mass is 32.2. The summed E-state index contributed by atoms with van der Waals surface area (Å²) in [5, 5.41) is 17.6. The number of nitrogens with zero attached hydrogens (tertiary/aromatic N) is 1. The van der Waals surface area contributed by atoms with Crippen molar-refractivity contribution in [3.05, 3.63) is 35.9 Å². The van der Waals surface area contributed by atoms with Crippen LogP contribution in [-0.2, 0) is 0 Å². The maximum Gasteiger partial charge on any atom is 0.252 e. The fourth-order valence-electron chi connectivity index (χ4n) is 2.94. The maximum atomic E-state index is 12.6. The number of aromatic nitrogens is 1. The molecule has 2 aliphatic rings. The minimum Gasteiger partial charge on any atom is -0.387 e. The Morgan fingerprint density at radius 2 is 2.21 bits per heavy atom. The third kappa shape index (κ3) is 3.35. The second-order valence-electron chi connectivity index (χ2n) is 6.70. The number of hydrogen-bond acceptors (Lipinski definition) is 5. The van der Waals surface area contributed by atoms with E-state index in [0.29, 0.717) is 24.0 Å². The number of thioether (sulfide) groups is 1. The van der Waals surface area contributed by atoms with Crippen molar-refractivity contribution in [2.75, 3.05) is 23.4 Å². The number of pyridine rings is 1. The van der Waals surface area contributed by atoms with Crippen LogP contribution in [0.1, 0.15) is 29.6 Å². The van der Waals surface area contributed by atoms with Crippen LogP contribution < -0.4 is 10.6 Å². The first-order valence-electron chi connectivity index (χ1n) is 8.38. The Balaban J connectivity index is 1.61. The van der Waals surface area contributed by atoms with Crippen molar-refractivity contribution < 1.29 is 9.90 Å². The molecule has 1 saturated carbocycles. The van der Waals surface area contributed by atoms with Crippen LogP contribution in [0.4, 0.5) is 5.82 Å².